The number of benzene rings is 9. The zero-order valence-electron chi connectivity index (χ0n) is 29.9. The molecule has 0 atom stereocenters. The van der Waals surface area contributed by atoms with Gasteiger partial charge in [-0.2, -0.15) is 0 Å². The minimum Gasteiger partial charge on any atom is -0.256 e. The Bertz CT molecular complexity index is 3240. The molecule has 2 heteroatoms. The van der Waals surface area contributed by atoms with Crippen molar-refractivity contribution in [3.05, 3.63) is 200 Å². The number of aromatic nitrogens is 1. The third kappa shape index (κ3) is 5.42. The van der Waals surface area contributed by atoms with Crippen LogP contribution in [-0.2, 0) is 0 Å². The smallest absolute Gasteiger partial charge is 0.0786 e. The molecule has 0 N–H and O–H groups in total. The lowest BCUT2D eigenvalue weighted by molar-refractivity contribution is 1.43. The van der Waals surface area contributed by atoms with Gasteiger partial charge in [-0.3, -0.25) is 4.98 Å². The summed E-state index contributed by atoms with van der Waals surface area (Å²) in [6, 6.07) is 70.9. The number of pyridine rings is 1. The predicted molar refractivity (Wildman–Crippen MR) is 237 cm³/mol. The van der Waals surface area contributed by atoms with Gasteiger partial charge >= 0.3 is 0 Å². The zero-order valence-corrected chi connectivity index (χ0v) is 30.7. The monoisotopic (exact) mass is 715 g/mol. The molecular weight excluding hydrogens is 683 g/mol. The molecule has 0 amide bonds. The van der Waals surface area contributed by atoms with Crippen LogP contribution in [-0.4, -0.2) is 4.98 Å². The van der Waals surface area contributed by atoms with E-state index in [0.717, 1.165) is 5.52 Å². The van der Waals surface area contributed by atoms with E-state index in [1.165, 1.54) is 103 Å². The molecule has 55 heavy (non-hydrogen) atoms. The lowest BCUT2D eigenvalue weighted by atomic mass is 9.92. The first-order chi connectivity index (χ1) is 27.2. The molecular formula is C53H33NS. The Morgan fingerprint density at radius 1 is 0.291 bits per heavy atom. The van der Waals surface area contributed by atoms with Gasteiger partial charge in [-0.25, -0.2) is 0 Å². The van der Waals surface area contributed by atoms with Crippen LogP contribution in [0.3, 0.4) is 0 Å². The third-order valence-electron chi connectivity index (χ3n) is 11.1. The first-order valence-corrected chi connectivity index (χ1v) is 19.6. The standard InChI is InChI=1S/C53H33NS/c1-2-20-45-44(19-1)46-27-26-41(33-50(46)52-48(45)24-10-28-54-52)39-16-7-14-37(31-39)35-12-5-11-34(29-35)36-13-6-15-38(30-36)40-17-8-18-42(32-40)43-22-9-23-49-47-21-3-4-25-51(47)55-53(43)49/h1-33H. The minimum absolute atomic E-state index is 1.05. The Morgan fingerprint density at radius 2 is 0.745 bits per heavy atom. The van der Waals surface area contributed by atoms with E-state index >= 15 is 0 Å². The number of rotatable bonds is 5. The molecule has 0 unspecified atom stereocenters. The van der Waals surface area contributed by atoms with Gasteiger partial charge < -0.3 is 0 Å². The molecule has 0 saturated heterocycles. The van der Waals surface area contributed by atoms with Crippen LogP contribution < -0.4 is 0 Å². The molecule has 2 aromatic heterocycles. The Labute approximate surface area is 323 Å². The molecule has 0 saturated carbocycles. The van der Waals surface area contributed by atoms with Gasteiger partial charge in [-0.1, -0.05) is 152 Å². The maximum atomic E-state index is 4.86. The lowest BCUT2D eigenvalue weighted by Crippen LogP contribution is -1.87. The SMILES string of the molecule is c1cc(-c2cccc(-c3cccc(-c4cccc5c4sc4ccccc45)c3)c2)cc(-c2cccc(-c3ccc4c5ccccc5c5cccnc5c4c3)c2)c1. The van der Waals surface area contributed by atoms with E-state index in [9.17, 15) is 0 Å². The van der Waals surface area contributed by atoms with Crippen molar-refractivity contribution in [1.82, 2.24) is 4.98 Å². The largest absolute Gasteiger partial charge is 0.256 e. The number of hydrogen-bond acceptors (Lipinski definition) is 2. The highest BCUT2D eigenvalue weighted by Gasteiger charge is 2.13. The van der Waals surface area contributed by atoms with E-state index in [2.05, 4.69) is 188 Å². The molecule has 256 valence electrons. The highest BCUT2D eigenvalue weighted by molar-refractivity contribution is 7.26. The van der Waals surface area contributed by atoms with Crippen LogP contribution in [0.2, 0.25) is 0 Å². The summed E-state index contributed by atoms with van der Waals surface area (Å²) in [5.74, 6) is 0. The molecule has 0 fully saturated rings. The van der Waals surface area contributed by atoms with Crippen LogP contribution in [0.1, 0.15) is 0 Å². The average molecular weight is 716 g/mol. The van der Waals surface area contributed by atoms with E-state index in [-0.39, 0.29) is 0 Å². The maximum absolute atomic E-state index is 4.86. The number of hydrogen-bond donors (Lipinski definition) is 0. The van der Waals surface area contributed by atoms with E-state index in [0.29, 0.717) is 0 Å². The summed E-state index contributed by atoms with van der Waals surface area (Å²) in [6.07, 6.45) is 1.90. The number of fused-ring (bicyclic) bond motifs is 9. The van der Waals surface area contributed by atoms with Crippen molar-refractivity contribution in [1.29, 1.82) is 0 Å². The molecule has 2 heterocycles. The van der Waals surface area contributed by atoms with E-state index in [4.69, 9.17) is 4.98 Å². The summed E-state index contributed by atoms with van der Waals surface area (Å²) in [4.78, 5) is 4.86. The van der Waals surface area contributed by atoms with Crippen molar-refractivity contribution < 1.29 is 0 Å². The highest BCUT2D eigenvalue weighted by Crippen LogP contribution is 2.41. The highest BCUT2D eigenvalue weighted by atomic mass is 32.1. The van der Waals surface area contributed by atoms with Gasteiger partial charge in [0.15, 0.2) is 0 Å². The molecule has 0 aliphatic rings. The molecule has 0 radical (unpaired) electrons. The summed E-state index contributed by atoms with van der Waals surface area (Å²) < 4.78 is 2.67. The molecule has 0 spiro atoms. The molecule has 11 aromatic rings. The lowest BCUT2D eigenvalue weighted by Gasteiger charge is -2.12. The fourth-order valence-corrected chi connectivity index (χ4v) is 9.66. The van der Waals surface area contributed by atoms with Gasteiger partial charge in [-0.05, 0) is 114 Å². The second-order valence-corrected chi connectivity index (χ2v) is 15.4. The van der Waals surface area contributed by atoms with Crippen molar-refractivity contribution in [2.24, 2.45) is 0 Å². The van der Waals surface area contributed by atoms with E-state index < -0.39 is 0 Å². The van der Waals surface area contributed by atoms with Crippen LogP contribution >= 0.6 is 11.3 Å². The van der Waals surface area contributed by atoms with Gasteiger partial charge in [0.1, 0.15) is 0 Å². The zero-order chi connectivity index (χ0) is 36.3. The van der Waals surface area contributed by atoms with Crippen LogP contribution in [0, 0.1) is 0 Å². The van der Waals surface area contributed by atoms with Gasteiger partial charge in [0, 0.05) is 37.1 Å². The van der Waals surface area contributed by atoms with Crippen molar-refractivity contribution in [3.63, 3.8) is 0 Å². The second kappa shape index (κ2) is 12.9. The fourth-order valence-electron chi connectivity index (χ4n) is 8.42. The van der Waals surface area contributed by atoms with Gasteiger partial charge in [0.05, 0.1) is 5.52 Å². The topological polar surface area (TPSA) is 12.9 Å². The molecule has 1 nitrogen and oxygen atoms in total. The number of thiophene rings is 1. The summed E-state index contributed by atoms with van der Waals surface area (Å²) in [5, 5.41) is 8.77. The number of nitrogens with zero attached hydrogens (tertiary/aromatic N) is 1. The van der Waals surface area contributed by atoms with Crippen molar-refractivity contribution in [3.8, 4) is 55.6 Å². The van der Waals surface area contributed by atoms with Gasteiger partial charge in [0.2, 0.25) is 0 Å². The summed E-state index contributed by atoms with van der Waals surface area (Å²) in [5.41, 5.74) is 13.2. The third-order valence-corrected chi connectivity index (χ3v) is 12.3. The van der Waals surface area contributed by atoms with Crippen molar-refractivity contribution in [2.75, 3.05) is 0 Å². The minimum atomic E-state index is 1.05. The van der Waals surface area contributed by atoms with Crippen LogP contribution in [0.15, 0.2) is 200 Å². The molecule has 0 aliphatic carbocycles. The second-order valence-electron chi connectivity index (χ2n) is 14.3. The Hall–Kier alpha value is -6.87. The Morgan fingerprint density at radius 3 is 1.38 bits per heavy atom. The molecule has 0 bridgehead atoms. The van der Waals surface area contributed by atoms with Crippen LogP contribution in [0.4, 0.5) is 0 Å². The molecule has 11 rings (SSSR count). The van der Waals surface area contributed by atoms with Crippen molar-refractivity contribution >= 4 is 64.0 Å². The average Bonchev–Trinajstić information content (AvgIpc) is 3.66. The normalized spacial score (nSPS) is 11.6. The Balaban J connectivity index is 0.936. The summed E-state index contributed by atoms with van der Waals surface area (Å²) >= 11 is 1.88. The van der Waals surface area contributed by atoms with Crippen LogP contribution in [0.5, 0.6) is 0 Å². The quantitative estimate of drug-likeness (QED) is 0.162. The maximum Gasteiger partial charge on any atom is 0.0786 e. The van der Waals surface area contributed by atoms with Gasteiger partial charge in [-0.15, -0.1) is 11.3 Å². The van der Waals surface area contributed by atoms with Crippen molar-refractivity contribution in [2.45, 2.75) is 0 Å². The first-order valence-electron chi connectivity index (χ1n) is 18.8. The Kier molecular flexibility index (Phi) is 7.43. The fraction of sp³-hybridized carbons (Fsp3) is 0. The molecule has 9 aromatic carbocycles. The summed E-state index contributed by atoms with van der Waals surface area (Å²) in [7, 11) is 0. The van der Waals surface area contributed by atoms with Crippen LogP contribution in [0.25, 0.3) is 108 Å². The van der Waals surface area contributed by atoms with E-state index in [1.54, 1.807) is 0 Å². The predicted octanol–water partition coefficient (Wildman–Crippen LogP) is 15.2. The molecule has 0 aliphatic heterocycles. The van der Waals surface area contributed by atoms with Gasteiger partial charge in [0.25, 0.3) is 0 Å². The summed E-state index contributed by atoms with van der Waals surface area (Å²) in [6.45, 7) is 0. The van der Waals surface area contributed by atoms with E-state index in [1.807, 2.05) is 23.6 Å². The first kappa shape index (κ1) is 31.6.